The number of hydrogen-bond acceptors (Lipinski definition) is 7. The van der Waals surface area contributed by atoms with E-state index in [1.807, 2.05) is 18.2 Å². The molecule has 0 saturated carbocycles. The smallest absolute Gasteiger partial charge is 0.257 e. The molecule has 0 aliphatic rings. The standard InChI is InChI=1S/C18H16N4O2S2/c1-24-19-11-13-7-9-15(10-8-13)16(23)20-17-21-22-18(26-17)25-12-14-5-3-2-4-6-14/h2-11H,12H2,1H3,(H,20,21,23)/b19-11+. The molecule has 2 aromatic carbocycles. The highest BCUT2D eigenvalue weighted by molar-refractivity contribution is 8.00. The lowest BCUT2D eigenvalue weighted by atomic mass is 10.1. The summed E-state index contributed by atoms with van der Waals surface area (Å²) in [6.07, 6.45) is 1.57. The number of nitrogens with zero attached hydrogens (tertiary/aromatic N) is 3. The van der Waals surface area contributed by atoms with Crippen LogP contribution in [0.25, 0.3) is 0 Å². The first kappa shape index (κ1) is 18.1. The molecule has 0 aliphatic carbocycles. The summed E-state index contributed by atoms with van der Waals surface area (Å²) in [5.74, 6) is 0.587. The molecule has 3 aromatic rings. The van der Waals surface area contributed by atoms with Crippen LogP contribution < -0.4 is 5.32 Å². The number of amides is 1. The van der Waals surface area contributed by atoms with Gasteiger partial charge in [-0.3, -0.25) is 10.1 Å². The van der Waals surface area contributed by atoms with Crippen LogP contribution in [0.4, 0.5) is 5.13 Å². The Kier molecular flexibility index (Phi) is 6.34. The Morgan fingerprint density at radius 3 is 2.69 bits per heavy atom. The average molecular weight is 384 g/mol. The van der Waals surface area contributed by atoms with Gasteiger partial charge in [0.2, 0.25) is 5.13 Å². The highest BCUT2D eigenvalue weighted by Gasteiger charge is 2.10. The van der Waals surface area contributed by atoms with Crippen LogP contribution in [-0.2, 0) is 10.6 Å². The van der Waals surface area contributed by atoms with Gasteiger partial charge in [0.25, 0.3) is 5.91 Å². The van der Waals surface area contributed by atoms with E-state index in [2.05, 4.69) is 37.6 Å². The van der Waals surface area contributed by atoms with Crippen molar-refractivity contribution in [3.63, 3.8) is 0 Å². The van der Waals surface area contributed by atoms with Crippen molar-refractivity contribution in [1.82, 2.24) is 10.2 Å². The molecule has 0 radical (unpaired) electrons. The predicted molar refractivity (Wildman–Crippen MR) is 105 cm³/mol. The van der Waals surface area contributed by atoms with Crippen molar-refractivity contribution < 1.29 is 9.63 Å². The van der Waals surface area contributed by atoms with E-state index >= 15 is 0 Å². The third-order valence-electron chi connectivity index (χ3n) is 3.31. The molecule has 26 heavy (non-hydrogen) atoms. The van der Waals surface area contributed by atoms with Gasteiger partial charge in [-0.15, -0.1) is 10.2 Å². The number of carbonyl (C=O) groups is 1. The van der Waals surface area contributed by atoms with Gasteiger partial charge in [-0.25, -0.2) is 0 Å². The normalized spacial score (nSPS) is 10.8. The van der Waals surface area contributed by atoms with Gasteiger partial charge in [-0.05, 0) is 23.3 Å². The molecule has 0 bridgehead atoms. The maximum atomic E-state index is 12.3. The highest BCUT2D eigenvalue weighted by Crippen LogP contribution is 2.28. The van der Waals surface area contributed by atoms with Crippen LogP contribution in [-0.4, -0.2) is 29.4 Å². The van der Waals surface area contributed by atoms with Crippen molar-refractivity contribution in [2.24, 2.45) is 5.16 Å². The fourth-order valence-electron chi connectivity index (χ4n) is 2.04. The van der Waals surface area contributed by atoms with Gasteiger partial charge in [0.05, 0.1) is 6.21 Å². The lowest BCUT2D eigenvalue weighted by Crippen LogP contribution is -2.11. The van der Waals surface area contributed by atoms with E-state index in [9.17, 15) is 4.79 Å². The maximum Gasteiger partial charge on any atom is 0.257 e. The van der Waals surface area contributed by atoms with E-state index in [0.717, 1.165) is 15.7 Å². The molecule has 1 aromatic heterocycles. The molecule has 0 unspecified atom stereocenters. The van der Waals surface area contributed by atoms with Gasteiger partial charge in [-0.1, -0.05) is 70.7 Å². The fourth-order valence-corrected chi connectivity index (χ4v) is 3.74. The Morgan fingerprint density at radius 1 is 1.19 bits per heavy atom. The minimum atomic E-state index is -0.226. The molecule has 1 heterocycles. The van der Waals surface area contributed by atoms with Crippen molar-refractivity contribution in [3.05, 3.63) is 71.3 Å². The van der Waals surface area contributed by atoms with Crippen molar-refractivity contribution in [1.29, 1.82) is 0 Å². The number of hydrogen-bond donors (Lipinski definition) is 1. The minimum absolute atomic E-state index is 0.226. The van der Waals surface area contributed by atoms with Gasteiger partial charge < -0.3 is 4.84 Å². The van der Waals surface area contributed by atoms with Crippen LogP contribution >= 0.6 is 23.1 Å². The van der Waals surface area contributed by atoms with Gasteiger partial charge >= 0.3 is 0 Å². The summed E-state index contributed by atoms with van der Waals surface area (Å²) < 4.78 is 0.815. The van der Waals surface area contributed by atoms with Crippen LogP contribution in [0.2, 0.25) is 0 Å². The molecule has 0 atom stereocenters. The summed E-state index contributed by atoms with van der Waals surface area (Å²) in [5.41, 5.74) is 2.60. The zero-order valence-corrected chi connectivity index (χ0v) is 15.6. The summed E-state index contributed by atoms with van der Waals surface area (Å²) in [7, 11) is 1.48. The molecule has 1 N–H and O–H groups in total. The quantitative estimate of drug-likeness (QED) is 0.288. The molecule has 1 amide bonds. The first-order valence-electron chi connectivity index (χ1n) is 7.73. The molecule has 0 spiro atoms. The summed E-state index contributed by atoms with van der Waals surface area (Å²) in [5, 5.41) is 15.1. The second kappa shape index (κ2) is 9.12. The van der Waals surface area contributed by atoms with Crippen molar-refractivity contribution in [2.75, 3.05) is 12.4 Å². The van der Waals surface area contributed by atoms with E-state index in [0.29, 0.717) is 10.7 Å². The molecule has 0 fully saturated rings. The molecule has 0 saturated heterocycles. The number of rotatable bonds is 7. The Morgan fingerprint density at radius 2 is 1.96 bits per heavy atom. The Bertz CT molecular complexity index is 880. The molecule has 132 valence electrons. The first-order chi connectivity index (χ1) is 12.7. The zero-order valence-electron chi connectivity index (χ0n) is 14.0. The number of thioether (sulfide) groups is 1. The molecule has 3 rings (SSSR count). The van der Waals surface area contributed by atoms with Crippen LogP contribution in [0.1, 0.15) is 21.5 Å². The Hall–Kier alpha value is -2.71. The summed E-state index contributed by atoms with van der Waals surface area (Å²) >= 11 is 2.95. The Labute approximate surface area is 159 Å². The second-order valence-electron chi connectivity index (χ2n) is 5.14. The minimum Gasteiger partial charge on any atom is -0.399 e. The van der Waals surface area contributed by atoms with Crippen molar-refractivity contribution >= 4 is 40.4 Å². The van der Waals surface area contributed by atoms with Crippen molar-refractivity contribution in [3.8, 4) is 0 Å². The fraction of sp³-hybridized carbons (Fsp3) is 0.111. The van der Waals surface area contributed by atoms with Crippen LogP contribution in [0.15, 0.2) is 64.1 Å². The number of anilines is 1. The predicted octanol–water partition coefficient (Wildman–Crippen LogP) is 4.06. The monoisotopic (exact) mass is 384 g/mol. The largest absolute Gasteiger partial charge is 0.399 e. The van der Waals surface area contributed by atoms with Crippen LogP contribution in [0.5, 0.6) is 0 Å². The van der Waals surface area contributed by atoms with E-state index in [4.69, 9.17) is 0 Å². The van der Waals surface area contributed by atoms with Crippen LogP contribution in [0.3, 0.4) is 0 Å². The topological polar surface area (TPSA) is 76.5 Å². The third-order valence-corrected chi connectivity index (χ3v) is 5.36. The number of benzene rings is 2. The number of carbonyl (C=O) groups excluding carboxylic acids is 1. The SMILES string of the molecule is CO/N=C/c1ccc(C(=O)Nc2nnc(SCc3ccccc3)s2)cc1. The zero-order chi connectivity index (χ0) is 18.2. The summed E-state index contributed by atoms with van der Waals surface area (Å²) in [4.78, 5) is 16.9. The third kappa shape index (κ3) is 5.14. The number of nitrogens with one attached hydrogen (secondary N) is 1. The molecule has 8 heteroatoms. The first-order valence-corrected chi connectivity index (χ1v) is 9.53. The summed E-state index contributed by atoms with van der Waals surface area (Å²) in [6.45, 7) is 0. The lowest BCUT2D eigenvalue weighted by molar-refractivity contribution is 0.102. The van der Waals surface area contributed by atoms with Crippen LogP contribution in [0, 0.1) is 0 Å². The number of aromatic nitrogens is 2. The van der Waals surface area contributed by atoms with E-state index in [1.54, 1.807) is 42.2 Å². The van der Waals surface area contributed by atoms with E-state index in [-0.39, 0.29) is 5.91 Å². The molecule has 6 nitrogen and oxygen atoms in total. The maximum absolute atomic E-state index is 12.3. The highest BCUT2D eigenvalue weighted by atomic mass is 32.2. The lowest BCUT2D eigenvalue weighted by Gasteiger charge is -2.01. The van der Waals surface area contributed by atoms with Gasteiger partial charge in [0.15, 0.2) is 4.34 Å². The van der Waals surface area contributed by atoms with E-state index < -0.39 is 0 Å². The molecule has 0 aliphatic heterocycles. The number of oxime groups is 1. The van der Waals surface area contributed by atoms with Gasteiger partial charge in [-0.2, -0.15) is 0 Å². The van der Waals surface area contributed by atoms with Crippen molar-refractivity contribution in [2.45, 2.75) is 10.1 Å². The molecular weight excluding hydrogens is 368 g/mol. The molecular formula is C18H16N4O2S2. The van der Waals surface area contributed by atoms with Gasteiger partial charge in [0.1, 0.15) is 7.11 Å². The summed E-state index contributed by atoms with van der Waals surface area (Å²) in [6, 6.07) is 17.2. The van der Waals surface area contributed by atoms with Gasteiger partial charge in [0, 0.05) is 11.3 Å². The Balaban J connectivity index is 1.56. The second-order valence-corrected chi connectivity index (χ2v) is 7.34. The average Bonchev–Trinajstić information content (AvgIpc) is 3.13. The van der Waals surface area contributed by atoms with E-state index in [1.165, 1.54) is 24.0 Å².